The predicted molar refractivity (Wildman–Crippen MR) is 143 cm³/mol. The van der Waals surface area contributed by atoms with Gasteiger partial charge in [0.05, 0.1) is 0 Å². The van der Waals surface area contributed by atoms with E-state index in [9.17, 15) is 9.59 Å². The molecule has 0 bridgehead atoms. The Morgan fingerprint density at radius 2 is 1.57 bits per heavy atom. The Hall–Kier alpha value is -2.83. The van der Waals surface area contributed by atoms with E-state index in [-0.39, 0.29) is 25.0 Å². The van der Waals surface area contributed by atoms with Crippen molar-refractivity contribution in [3.8, 4) is 5.75 Å². The van der Waals surface area contributed by atoms with Gasteiger partial charge in [-0.05, 0) is 68.3 Å². The van der Waals surface area contributed by atoms with Gasteiger partial charge in [0.15, 0.2) is 6.61 Å². The minimum atomic E-state index is -0.721. The van der Waals surface area contributed by atoms with Crippen LogP contribution in [0.25, 0.3) is 0 Å². The number of carbonyl (C=O) groups is 2. The van der Waals surface area contributed by atoms with Gasteiger partial charge in [-0.25, -0.2) is 0 Å². The monoisotopic (exact) mass is 556 g/mol. The number of halogens is 2. The summed E-state index contributed by atoms with van der Waals surface area (Å²) in [5, 5.41) is 3.64. The molecule has 3 aromatic carbocycles. The number of nitrogens with zero attached hydrogens (tertiary/aromatic N) is 1. The summed E-state index contributed by atoms with van der Waals surface area (Å²) in [5.41, 5.74) is 1.43. The maximum absolute atomic E-state index is 13.5. The van der Waals surface area contributed by atoms with Crippen LogP contribution in [0, 0.1) is 0 Å². The first-order valence-electron chi connectivity index (χ1n) is 11.4. The summed E-state index contributed by atoms with van der Waals surface area (Å²) in [5.74, 6) is 0.0382. The van der Waals surface area contributed by atoms with Crippen molar-refractivity contribution < 1.29 is 14.3 Å². The van der Waals surface area contributed by atoms with E-state index in [1.54, 1.807) is 29.2 Å². The van der Waals surface area contributed by atoms with E-state index in [0.29, 0.717) is 17.2 Å². The number of carbonyl (C=O) groups excluding carboxylic acids is 2. The molecule has 7 heteroatoms. The van der Waals surface area contributed by atoms with Crippen LogP contribution in [0.2, 0.25) is 5.02 Å². The van der Waals surface area contributed by atoms with E-state index in [0.717, 1.165) is 15.6 Å². The number of rotatable bonds is 9. The molecular formula is C28H30BrClN2O3. The van der Waals surface area contributed by atoms with Gasteiger partial charge in [0.1, 0.15) is 11.8 Å². The Morgan fingerprint density at radius 1 is 0.943 bits per heavy atom. The van der Waals surface area contributed by atoms with Crippen molar-refractivity contribution in [2.75, 3.05) is 6.61 Å². The highest BCUT2D eigenvalue weighted by atomic mass is 79.9. The highest BCUT2D eigenvalue weighted by Crippen LogP contribution is 2.19. The third-order valence-corrected chi connectivity index (χ3v) is 5.99. The number of benzene rings is 3. The molecule has 0 aromatic heterocycles. The maximum atomic E-state index is 13.5. The zero-order chi connectivity index (χ0) is 25.4. The minimum Gasteiger partial charge on any atom is -0.484 e. The van der Waals surface area contributed by atoms with Gasteiger partial charge in [-0.15, -0.1) is 0 Å². The van der Waals surface area contributed by atoms with Gasteiger partial charge < -0.3 is 15.0 Å². The standard InChI is InChI=1S/C28H30BrClN2O3/c1-28(2,3)31-27(34)25(17-20-7-5-4-6-8-20)32(18-21-9-11-22(29)12-10-21)26(33)19-35-24-15-13-23(30)14-16-24/h4-16,25H,17-19H2,1-3H3,(H,31,34). The van der Waals surface area contributed by atoms with Crippen LogP contribution in [0.1, 0.15) is 31.9 Å². The topological polar surface area (TPSA) is 58.6 Å². The normalized spacial score (nSPS) is 12.0. The van der Waals surface area contributed by atoms with Gasteiger partial charge in [-0.1, -0.05) is 70.0 Å². The van der Waals surface area contributed by atoms with Crippen molar-refractivity contribution in [2.45, 2.75) is 45.3 Å². The van der Waals surface area contributed by atoms with Crippen molar-refractivity contribution >= 4 is 39.3 Å². The quantitative estimate of drug-likeness (QED) is 0.349. The van der Waals surface area contributed by atoms with Crippen LogP contribution in [-0.4, -0.2) is 34.9 Å². The van der Waals surface area contributed by atoms with E-state index in [2.05, 4.69) is 21.2 Å². The molecular weight excluding hydrogens is 528 g/mol. The van der Waals surface area contributed by atoms with E-state index in [4.69, 9.17) is 16.3 Å². The van der Waals surface area contributed by atoms with Gasteiger partial charge >= 0.3 is 0 Å². The summed E-state index contributed by atoms with van der Waals surface area (Å²) >= 11 is 9.41. The molecule has 3 rings (SSSR count). The fourth-order valence-corrected chi connectivity index (χ4v) is 3.94. The molecule has 1 unspecified atom stereocenters. The molecule has 5 nitrogen and oxygen atoms in total. The zero-order valence-electron chi connectivity index (χ0n) is 20.1. The number of hydrogen-bond donors (Lipinski definition) is 1. The van der Waals surface area contributed by atoms with Crippen LogP contribution < -0.4 is 10.1 Å². The third kappa shape index (κ3) is 8.71. The maximum Gasteiger partial charge on any atom is 0.261 e. The second-order valence-electron chi connectivity index (χ2n) is 9.34. The molecule has 0 aliphatic rings. The summed E-state index contributed by atoms with van der Waals surface area (Å²) in [6, 6.07) is 23.5. The third-order valence-electron chi connectivity index (χ3n) is 5.21. The van der Waals surface area contributed by atoms with Crippen LogP contribution in [0.3, 0.4) is 0 Å². The molecule has 0 radical (unpaired) electrons. The molecule has 0 aliphatic heterocycles. The van der Waals surface area contributed by atoms with Gasteiger partial charge in [0.2, 0.25) is 5.91 Å². The average molecular weight is 558 g/mol. The van der Waals surface area contributed by atoms with Gasteiger partial charge in [0.25, 0.3) is 5.91 Å². The Morgan fingerprint density at radius 3 is 2.17 bits per heavy atom. The summed E-state index contributed by atoms with van der Waals surface area (Å²) in [6.07, 6.45) is 0.381. The lowest BCUT2D eigenvalue weighted by atomic mass is 10.0. The molecule has 0 saturated carbocycles. The molecule has 0 aliphatic carbocycles. The zero-order valence-corrected chi connectivity index (χ0v) is 22.5. The molecule has 0 heterocycles. The summed E-state index contributed by atoms with van der Waals surface area (Å²) in [4.78, 5) is 28.6. The van der Waals surface area contributed by atoms with Crippen molar-refractivity contribution in [1.82, 2.24) is 10.2 Å². The van der Waals surface area contributed by atoms with Crippen molar-refractivity contribution in [2.24, 2.45) is 0 Å². The Balaban J connectivity index is 1.91. The Bertz CT molecular complexity index is 1110. The largest absolute Gasteiger partial charge is 0.484 e. The van der Waals surface area contributed by atoms with Gasteiger partial charge in [-0.3, -0.25) is 9.59 Å². The van der Waals surface area contributed by atoms with Crippen LogP contribution in [0.4, 0.5) is 0 Å². The number of ether oxygens (including phenoxy) is 1. The highest BCUT2D eigenvalue weighted by Gasteiger charge is 2.32. The van der Waals surface area contributed by atoms with Crippen LogP contribution in [0.5, 0.6) is 5.75 Å². The molecule has 0 spiro atoms. The molecule has 184 valence electrons. The van der Waals surface area contributed by atoms with E-state index in [1.165, 1.54) is 0 Å². The molecule has 2 amide bonds. The molecule has 0 fully saturated rings. The Kier molecular flexibility index (Phi) is 9.35. The molecule has 3 aromatic rings. The second-order valence-corrected chi connectivity index (χ2v) is 10.7. The first-order chi connectivity index (χ1) is 16.6. The second kappa shape index (κ2) is 12.2. The number of hydrogen-bond acceptors (Lipinski definition) is 3. The predicted octanol–water partition coefficient (Wildman–Crippen LogP) is 6.04. The lowest BCUT2D eigenvalue weighted by Gasteiger charge is -2.33. The van der Waals surface area contributed by atoms with Crippen LogP contribution in [-0.2, 0) is 22.6 Å². The van der Waals surface area contributed by atoms with Crippen LogP contribution in [0.15, 0.2) is 83.3 Å². The van der Waals surface area contributed by atoms with Crippen molar-refractivity contribution in [3.63, 3.8) is 0 Å². The summed E-state index contributed by atoms with van der Waals surface area (Å²) in [6.45, 7) is 5.84. The average Bonchev–Trinajstić information content (AvgIpc) is 2.81. The number of amides is 2. The summed E-state index contributed by atoms with van der Waals surface area (Å²) in [7, 11) is 0. The molecule has 1 atom stereocenters. The van der Waals surface area contributed by atoms with Gasteiger partial charge in [-0.2, -0.15) is 0 Å². The fourth-order valence-electron chi connectivity index (χ4n) is 3.55. The smallest absolute Gasteiger partial charge is 0.261 e. The molecule has 1 N–H and O–H groups in total. The first-order valence-corrected chi connectivity index (χ1v) is 12.6. The molecule has 0 saturated heterocycles. The van der Waals surface area contributed by atoms with E-state index < -0.39 is 11.6 Å². The number of nitrogens with one attached hydrogen (secondary N) is 1. The van der Waals surface area contributed by atoms with Gasteiger partial charge in [0, 0.05) is 28.0 Å². The van der Waals surface area contributed by atoms with Crippen molar-refractivity contribution in [3.05, 3.63) is 99.5 Å². The van der Waals surface area contributed by atoms with Crippen LogP contribution >= 0.6 is 27.5 Å². The van der Waals surface area contributed by atoms with E-state index >= 15 is 0 Å². The van der Waals surface area contributed by atoms with Crippen molar-refractivity contribution in [1.29, 1.82) is 0 Å². The molecule has 35 heavy (non-hydrogen) atoms. The minimum absolute atomic E-state index is 0.202. The fraction of sp³-hybridized carbons (Fsp3) is 0.286. The lowest BCUT2D eigenvalue weighted by molar-refractivity contribution is -0.143. The SMILES string of the molecule is CC(C)(C)NC(=O)C(Cc1ccccc1)N(Cc1ccc(Br)cc1)C(=O)COc1ccc(Cl)cc1. The highest BCUT2D eigenvalue weighted by molar-refractivity contribution is 9.10. The lowest BCUT2D eigenvalue weighted by Crippen LogP contribution is -2.55. The summed E-state index contributed by atoms with van der Waals surface area (Å²) < 4.78 is 6.69. The van der Waals surface area contributed by atoms with E-state index in [1.807, 2.05) is 75.4 Å². The Labute approximate surface area is 220 Å². The first kappa shape index (κ1) is 26.8.